The van der Waals surface area contributed by atoms with E-state index in [4.69, 9.17) is 0 Å². The standard InChI is InChI=1S/C11H13F4N/c1-7(2)8-3-4-10(9(12)5-8)16-6-11(13,14)15/h3-5,7,16H,6H2,1-2H3. The van der Waals surface area contributed by atoms with Crippen LogP contribution in [0.1, 0.15) is 25.3 Å². The van der Waals surface area contributed by atoms with Crippen LogP contribution in [0.2, 0.25) is 0 Å². The lowest BCUT2D eigenvalue weighted by molar-refractivity contribution is -0.115. The summed E-state index contributed by atoms with van der Waals surface area (Å²) in [5, 5.41) is 2.02. The van der Waals surface area contributed by atoms with Crippen molar-refractivity contribution in [3.8, 4) is 0 Å². The third-order valence-electron chi connectivity index (χ3n) is 2.14. The minimum absolute atomic E-state index is 0.123. The van der Waals surface area contributed by atoms with Gasteiger partial charge < -0.3 is 5.32 Å². The Labute approximate surface area is 91.5 Å². The van der Waals surface area contributed by atoms with E-state index >= 15 is 0 Å². The molecule has 0 saturated heterocycles. The summed E-state index contributed by atoms with van der Waals surface area (Å²) in [6, 6.07) is 4.20. The molecule has 0 fully saturated rings. The van der Waals surface area contributed by atoms with Crippen LogP contribution in [0.25, 0.3) is 0 Å². The minimum atomic E-state index is -4.34. The van der Waals surface area contributed by atoms with Crippen LogP contribution in [-0.2, 0) is 0 Å². The molecule has 0 aromatic heterocycles. The molecule has 0 unspecified atom stereocenters. The largest absolute Gasteiger partial charge is 0.405 e. The molecule has 0 aliphatic rings. The fourth-order valence-corrected chi connectivity index (χ4v) is 1.23. The van der Waals surface area contributed by atoms with Crippen LogP contribution in [-0.4, -0.2) is 12.7 Å². The molecule has 1 nitrogen and oxygen atoms in total. The fraction of sp³-hybridized carbons (Fsp3) is 0.455. The summed E-state index contributed by atoms with van der Waals surface area (Å²) in [6.45, 7) is 2.54. The molecule has 0 spiro atoms. The SMILES string of the molecule is CC(C)c1ccc(NCC(F)(F)F)c(F)c1. The summed E-state index contributed by atoms with van der Waals surface area (Å²) >= 11 is 0. The lowest BCUT2D eigenvalue weighted by atomic mass is 10.0. The van der Waals surface area contributed by atoms with E-state index in [1.54, 1.807) is 6.07 Å². The monoisotopic (exact) mass is 235 g/mol. The second-order valence-corrected chi connectivity index (χ2v) is 3.86. The van der Waals surface area contributed by atoms with Crippen LogP contribution in [0, 0.1) is 5.82 Å². The van der Waals surface area contributed by atoms with Gasteiger partial charge >= 0.3 is 6.18 Å². The van der Waals surface area contributed by atoms with E-state index < -0.39 is 18.5 Å². The smallest absolute Gasteiger partial charge is 0.374 e. The number of hydrogen-bond donors (Lipinski definition) is 1. The van der Waals surface area contributed by atoms with Gasteiger partial charge in [0.25, 0.3) is 0 Å². The molecule has 0 bridgehead atoms. The van der Waals surface area contributed by atoms with Gasteiger partial charge in [-0.25, -0.2) is 4.39 Å². The van der Waals surface area contributed by atoms with E-state index in [2.05, 4.69) is 0 Å². The molecule has 90 valence electrons. The minimum Gasteiger partial charge on any atom is -0.374 e. The Bertz CT molecular complexity index is 357. The van der Waals surface area contributed by atoms with Gasteiger partial charge in [0.2, 0.25) is 0 Å². The molecule has 0 aliphatic carbocycles. The molecular formula is C11H13F4N. The van der Waals surface area contributed by atoms with E-state index in [0.717, 1.165) is 5.56 Å². The molecule has 1 aromatic rings. The van der Waals surface area contributed by atoms with Crippen molar-refractivity contribution in [2.75, 3.05) is 11.9 Å². The van der Waals surface area contributed by atoms with Crippen molar-refractivity contribution in [2.24, 2.45) is 0 Å². The third kappa shape index (κ3) is 3.72. The maximum atomic E-state index is 13.4. The summed E-state index contributed by atoms with van der Waals surface area (Å²) in [5.41, 5.74) is 0.636. The number of halogens is 4. The first-order valence-electron chi connectivity index (χ1n) is 4.89. The summed E-state index contributed by atoms with van der Waals surface area (Å²) in [7, 11) is 0. The quantitative estimate of drug-likeness (QED) is 0.783. The maximum Gasteiger partial charge on any atom is 0.405 e. The number of anilines is 1. The molecule has 0 amide bonds. The van der Waals surface area contributed by atoms with Gasteiger partial charge in [-0.1, -0.05) is 19.9 Å². The van der Waals surface area contributed by atoms with Crippen molar-refractivity contribution >= 4 is 5.69 Å². The number of hydrogen-bond acceptors (Lipinski definition) is 1. The van der Waals surface area contributed by atoms with Gasteiger partial charge in [0.1, 0.15) is 12.4 Å². The fourth-order valence-electron chi connectivity index (χ4n) is 1.23. The van der Waals surface area contributed by atoms with Crippen molar-refractivity contribution < 1.29 is 17.6 Å². The third-order valence-corrected chi connectivity index (χ3v) is 2.14. The van der Waals surface area contributed by atoms with Crippen LogP contribution in [0.15, 0.2) is 18.2 Å². The summed E-state index contributed by atoms with van der Waals surface area (Å²) in [5.74, 6) is -0.512. The zero-order valence-corrected chi connectivity index (χ0v) is 9.03. The van der Waals surface area contributed by atoms with Crippen LogP contribution >= 0.6 is 0 Å². The predicted octanol–water partition coefficient (Wildman–Crippen LogP) is 3.92. The average Bonchev–Trinajstić information content (AvgIpc) is 2.14. The molecule has 16 heavy (non-hydrogen) atoms. The topological polar surface area (TPSA) is 12.0 Å². The summed E-state index contributed by atoms with van der Waals surface area (Å²) in [4.78, 5) is 0. The molecule has 1 aromatic carbocycles. The van der Waals surface area contributed by atoms with Crippen molar-refractivity contribution in [1.29, 1.82) is 0 Å². The van der Waals surface area contributed by atoms with Gasteiger partial charge in [-0.3, -0.25) is 0 Å². The predicted molar refractivity (Wildman–Crippen MR) is 55.0 cm³/mol. The highest BCUT2D eigenvalue weighted by atomic mass is 19.4. The van der Waals surface area contributed by atoms with Crippen molar-refractivity contribution in [3.05, 3.63) is 29.6 Å². The van der Waals surface area contributed by atoms with Crippen molar-refractivity contribution in [2.45, 2.75) is 25.9 Å². The molecule has 0 heterocycles. The Kier molecular flexibility index (Phi) is 3.78. The highest BCUT2D eigenvalue weighted by molar-refractivity contribution is 5.46. The maximum absolute atomic E-state index is 13.4. The summed E-state index contributed by atoms with van der Waals surface area (Å²) < 4.78 is 49.0. The van der Waals surface area contributed by atoms with Crippen LogP contribution in [0.4, 0.5) is 23.2 Å². The number of nitrogens with one attached hydrogen (secondary N) is 1. The van der Waals surface area contributed by atoms with E-state index in [1.807, 2.05) is 19.2 Å². The lowest BCUT2D eigenvalue weighted by Crippen LogP contribution is -2.21. The van der Waals surface area contributed by atoms with Crippen molar-refractivity contribution in [3.63, 3.8) is 0 Å². The molecule has 0 atom stereocenters. The Balaban J connectivity index is 2.76. The first-order valence-corrected chi connectivity index (χ1v) is 4.89. The molecular weight excluding hydrogens is 222 g/mol. The first kappa shape index (κ1) is 12.8. The van der Waals surface area contributed by atoms with Gasteiger partial charge in [-0.05, 0) is 23.6 Å². The second kappa shape index (κ2) is 4.72. The van der Waals surface area contributed by atoms with E-state index in [-0.39, 0.29) is 11.6 Å². The Morgan fingerprint density at radius 3 is 2.31 bits per heavy atom. The molecule has 5 heteroatoms. The van der Waals surface area contributed by atoms with E-state index in [9.17, 15) is 17.6 Å². The molecule has 0 saturated carbocycles. The summed E-state index contributed by atoms with van der Waals surface area (Å²) in [6.07, 6.45) is -4.34. The normalized spacial score (nSPS) is 11.9. The van der Waals surface area contributed by atoms with Gasteiger partial charge in [0.05, 0.1) is 5.69 Å². The van der Waals surface area contributed by atoms with Crippen LogP contribution in [0.3, 0.4) is 0 Å². The Hall–Kier alpha value is -1.26. The lowest BCUT2D eigenvalue weighted by Gasteiger charge is -2.12. The molecule has 0 radical (unpaired) electrons. The zero-order valence-electron chi connectivity index (χ0n) is 9.03. The highest BCUT2D eigenvalue weighted by Crippen LogP contribution is 2.22. The van der Waals surface area contributed by atoms with Gasteiger partial charge in [-0.15, -0.1) is 0 Å². The second-order valence-electron chi connectivity index (χ2n) is 3.86. The Morgan fingerprint density at radius 1 is 1.25 bits per heavy atom. The molecule has 1 N–H and O–H groups in total. The number of rotatable bonds is 3. The molecule has 0 aliphatic heterocycles. The Morgan fingerprint density at radius 2 is 1.88 bits per heavy atom. The highest BCUT2D eigenvalue weighted by Gasteiger charge is 2.27. The zero-order chi connectivity index (χ0) is 12.3. The van der Waals surface area contributed by atoms with Gasteiger partial charge in [0, 0.05) is 0 Å². The van der Waals surface area contributed by atoms with Gasteiger partial charge in [0.15, 0.2) is 0 Å². The van der Waals surface area contributed by atoms with Crippen molar-refractivity contribution in [1.82, 2.24) is 0 Å². The number of benzene rings is 1. The van der Waals surface area contributed by atoms with Gasteiger partial charge in [-0.2, -0.15) is 13.2 Å². The van der Waals surface area contributed by atoms with E-state index in [0.29, 0.717) is 0 Å². The van der Waals surface area contributed by atoms with E-state index in [1.165, 1.54) is 12.1 Å². The molecule has 1 rings (SSSR count). The van der Waals surface area contributed by atoms with Crippen LogP contribution < -0.4 is 5.32 Å². The number of alkyl halides is 3. The van der Waals surface area contributed by atoms with Crippen LogP contribution in [0.5, 0.6) is 0 Å². The average molecular weight is 235 g/mol. The first-order chi connectivity index (χ1) is 7.29.